The smallest absolute Gasteiger partial charge is 0.416 e. The summed E-state index contributed by atoms with van der Waals surface area (Å²) in [5, 5.41) is 0. The van der Waals surface area contributed by atoms with Crippen molar-refractivity contribution in [2.75, 3.05) is 26.3 Å². The molecule has 0 spiro atoms. The normalized spacial score (nSPS) is 14.2. The van der Waals surface area contributed by atoms with Crippen molar-refractivity contribution in [3.05, 3.63) is 46.7 Å². The number of carbonyl (C=O) groups excluding carboxylic acids is 4. The number of alkyl halides is 3. The predicted molar refractivity (Wildman–Crippen MR) is 129 cm³/mol. The van der Waals surface area contributed by atoms with E-state index in [1.165, 1.54) is 17.0 Å². The van der Waals surface area contributed by atoms with Gasteiger partial charge in [-0.15, -0.1) is 0 Å². The standard InChI is InChI=1S/C26H33F3N2O7/c1-6-36-22(33)14-21(32)31(15-17-8-10-18(11-9-17)26(27,28)29)20-12-13-30(24(35)38-25(3,4)5)16-19(20)23(34)37-7-2/h8-11H,6-7,12-16H2,1-5H3. The summed E-state index contributed by atoms with van der Waals surface area (Å²) in [4.78, 5) is 53.3. The second-order valence-corrected chi connectivity index (χ2v) is 9.45. The summed E-state index contributed by atoms with van der Waals surface area (Å²) in [5.41, 5.74) is -1.09. The lowest BCUT2D eigenvalue weighted by Gasteiger charge is -2.35. The number of esters is 2. The summed E-state index contributed by atoms with van der Waals surface area (Å²) in [6.45, 7) is 7.98. The van der Waals surface area contributed by atoms with E-state index in [9.17, 15) is 32.3 Å². The summed E-state index contributed by atoms with van der Waals surface area (Å²) in [5.74, 6) is -2.28. The fraction of sp³-hybridized carbons (Fsp3) is 0.538. The highest BCUT2D eigenvalue weighted by Crippen LogP contribution is 2.30. The van der Waals surface area contributed by atoms with Crippen LogP contribution < -0.4 is 0 Å². The van der Waals surface area contributed by atoms with Gasteiger partial charge >= 0.3 is 24.2 Å². The maximum Gasteiger partial charge on any atom is 0.416 e. The molecule has 12 heteroatoms. The summed E-state index contributed by atoms with van der Waals surface area (Å²) in [7, 11) is 0. The number of amides is 2. The van der Waals surface area contributed by atoms with Gasteiger partial charge in [0, 0.05) is 18.7 Å². The maximum absolute atomic E-state index is 13.2. The molecule has 0 bridgehead atoms. The van der Waals surface area contributed by atoms with Crippen LogP contribution in [0.1, 0.15) is 58.6 Å². The van der Waals surface area contributed by atoms with E-state index >= 15 is 0 Å². The number of ether oxygens (including phenoxy) is 3. The van der Waals surface area contributed by atoms with Gasteiger partial charge in [0.1, 0.15) is 12.0 Å². The Morgan fingerprint density at radius 3 is 2.11 bits per heavy atom. The first-order valence-corrected chi connectivity index (χ1v) is 12.2. The number of benzene rings is 1. The second-order valence-electron chi connectivity index (χ2n) is 9.45. The molecule has 210 valence electrons. The van der Waals surface area contributed by atoms with Gasteiger partial charge < -0.3 is 24.0 Å². The van der Waals surface area contributed by atoms with Crippen LogP contribution in [0.4, 0.5) is 18.0 Å². The fourth-order valence-electron chi connectivity index (χ4n) is 3.68. The number of nitrogens with zero attached hydrogens (tertiary/aromatic N) is 2. The van der Waals surface area contributed by atoms with Gasteiger partial charge in [-0.1, -0.05) is 12.1 Å². The van der Waals surface area contributed by atoms with Crippen LogP contribution in [0.25, 0.3) is 0 Å². The fourth-order valence-corrected chi connectivity index (χ4v) is 3.68. The molecule has 38 heavy (non-hydrogen) atoms. The quantitative estimate of drug-likeness (QED) is 0.272. The Morgan fingerprint density at radius 1 is 0.974 bits per heavy atom. The predicted octanol–water partition coefficient (Wildman–Crippen LogP) is 4.45. The minimum atomic E-state index is -4.54. The first kappa shape index (κ1) is 30.7. The van der Waals surface area contributed by atoms with Crippen molar-refractivity contribution in [3.8, 4) is 0 Å². The zero-order valence-corrected chi connectivity index (χ0v) is 22.1. The molecule has 0 aromatic heterocycles. The van der Waals surface area contributed by atoms with E-state index in [-0.39, 0.29) is 50.5 Å². The van der Waals surface area contributed by atoms with Crippen molar-refractivity contribution in [2.24, 2.45) is 0 Å². The molecule has 1 aliphatic rings. The molecule has 1 aromatic carbocycles. The van der Waals surface area contributed by atoms with Crippen LogP contribution >= 0.6 is 0 Å². The summed E-state index contributed by atoms with van der Waals surface area (Å²) >= 11 is 0. The summed E-state index contributed by atoms with van der Waals surface area (Å²) in [6.07, 6.45) is -5.82. The van der Waals surface area contributed by atoms with E-state index in [0.29, 0.717) is 5.56 Å². The molecular formula is C26H33F3N2O7. The van der Waals surface area contributed by atoms with Gasteiger partial charge in [0.2, 0.25) is 5.91 Å². The Labute approximate surface area is 219 Å². The van der Waals surface area contributed by atoms with E-state index in [0.717, 1.165) is 17.0 Å². The monoisotopic (exact) mass is 542 g/mol. The van der Waals surface area contributed by atoms with Gasteiger partial charge in [0.25, 0.3) is 0 Å². The molecule has 0 N–H and O–H groups in total. The molecular weight excluding hydrogens is 509 g/mol. The van der Waals surface area contributed by atoms with E-state index in [1.807, 2.05) is 0 Å². The molecule has 1 aliphatic heterocycles. The third kappa shape index (κ3) is 8.77. The van der Waals surface area contributed by atoms with Crippen LogP contribution in [0.3, 0.4) is 0 Å². The van der Waals surface area contributed by atoms with E-state index in [4.69, 9.17) is 14.2 Å². The molecule has 0 fully saturated rings. The van der Waals surface area contributed by atoms with Gasteiger partial charge in [-0.05, 0) is 52.3 Å². The zero-order valence-electron chi connectivity index (χ0n) is 22.1. The van der Waals surface area contributed by atoms with Crippen LogP contribution in [0.2, 0.25) is 0 Å². The number of hydrogen-bond donors (Lipinski definition) is 0. The SMILES string of the molecule is CCOC(=O)CC(=O)N(Cc1ccc(C(F)(F)F)cc1)C1=C(C(=O)OCC)CN(C(=O)OC(C)(C)C)CC1. The molecule has 2 rings (SSSR count). The van der Waals surface area contributed by atoms with Crippen molar-refractivity contribution in [3.63, 3.8) is 0 Å². The van der Waals surface area contributed by atoms with Gasteiger partial charge in [-0.3, -0.25) is 9.59 Å². The van der Waals surface area contributed by atoms with Crippen molar-refractivity contribution < 1.29 is 46.6 Å². The Hall–Kier alpha value is -3.57. The van der Waals surface area contributed by atoms with Crippen molar-refractivity contribution in [2.45, 2.75) is 65.8 Å². The average molecular weight is 543 g/mol. The largest absolute Gasteiger partial charge is 0.466 e. The first-order valence-electron chi connectivity index (χ1n) is 12.2. The molecule has 0 saturated carbocycles. The first-order chi connectivity index (χ1) is 17.7. The minimum Gasteiger partial charge on any atom is -0.466 e. The lowest BCUT2D eigenvalue weighted by molar-refractivity contribution is -0.148. The molecule has 1 aromatic rings. The topological polar surface area (TPSA) is 102 Å². The summed E-state index contributed by atoms with van der Waals surface area (Å²) < 4.78 is 54.5. The molecule has 9 nitrogen and oxygen atoms in total. The zero-order chi connectivity index (χ0) is 28.7. The highest BCUT2D eigenvalue weighted by Gasteiger charge is 2.35. The van der Waals surface area contributed by atoms with E-state index in [1.54, 1.807) is 34.6 Å². The lowest BCUT2D eigenvalue weighted by Crippen LogP contribution is -2.45. The molecule has 0 radical (unpaired) electrons. The molecule has 1 heterocycles. The van der Waals surface area contributed by atoms with Crippen LogP contribution in [0.5, 0.6) is 0 Å². The highest BCUT2D eigenvalue weighted by atomic mass is 19.4. The molecule has 0 aliphatic carbocycles. The third-order valence-corrected chi connectivity index (χ3v) is 5.34. The van der Waals surface area contributed by atoms with Crippen molar-refractivity contribution in [1.29, 1.82) is 0 Å². The molecule has 0 atom stereocenters. The third-order valence-electron chi connectivity index (χ3n) is 5.34. The van der Waals surface area contributed by atoms with Crippen LogP contribution in [0.15, 0.2) is 35.5 Å². The molecule has 0 unspecified atom stereocenters. The number of rotatable bonds is 8. The van der Waals surface area contributed by atoms with Gasteiger partial charge in [0.15, 0.2) is 0 Å². The average Bonchev–Trinajstić information content (AvgIpc) is 2.81. The Bertz CT molecular complexity index is 1060. The van der Waals surface area contributed by atoms with Crippen LogP contribution in [-0.2, 0) is 41.3 Å². The molecule has 2 amide bonds. The minimum absolute atomic E-state index is 0.00748. The maximum atomic E-state index is 13.2. The highest BCUT2D eigenvalue weighted by molar-refractivity contribution is 5.97. The second kappa shape index (κ2) is 12.8. The number of hydrogen-bond acceptors (Lipinski definition) is 7. The van der Waals surface area contributed by atoms with Crippen molar-refractivity contribution in [1.82, 2.24) is 9.80 Å². The van der Waals surface area contributed by atoms with Gasteiger partial charge in [0.05, 0.1) is 37.4 Å². The Kier molecular flexibility index (Phi) is 10.3. The van der Waals surface area contributed by atoms with Crippen LogP contribution in [-0.4, -0.2) is 65.6 Å². The number of carbonyl (C=O) groups is 4. The van der Waals surface area contributed by atoms with Crippen molar-refractivity contribution >= 4 is 23.9 Å². The molecule has 0 saturated heterocycles. The number of halogens is 3. The Morgan fingerprint density at radius 2 is 1.58 bits per heavy atom. The summed E-state index contributed by atoms with van der Waals surface area (Å²) in [6, 6.07) is 4.20. The van der Waals surface area contributed by atoms with E-state index in [2.05, 4.69) is 0 Å². The van der Waals surface area contributed by atoms with Gasteiger partial charge in [-0.25, -0.2) is 9.59 Å². The van der Waals surface area contributed by atoms with E-state index < -0.39 is 47.7 Å². The lowest BCUT2D eigenvalue weighted by atomic mass is 10.0. The van der Waals surface area contributed by atoms with Gasteiger partial charge in [-0.2, -0.15) is 13.2 Å². The van der Waals surface area contributed by atoms with Crippen LogP contribution in [0, 0.1) is 0 Å². The Balaban J connectivity index is 2.49.